The summed E-state index contributed by atoms with van der Waals surface area (Å²) >= 11 is 0. The molecule has 0 radical (unpaired) electrons. The van der Waals surface area contributed by atoms with Gasteiger partial charge in [0.25, 0.3) is 10.0 Å². The first kappa shape index (κ1) is 6.55. The lowest BCUT2D eigenvalue weighted by Gasteiger charge is -1.76. The van der Waals surface area contributed by atoms with Gasteiger partial charge in [0, 0.05) is 7.05 Å². The second-order valence-electron chi connectivity index (χ2n) is 1.01. The summed E-state index contributed by atoms with van der Waals surface area (Å²) in [7, 11) is -1.91. The maximum absolute atomic E-state index is 9.97. The highest BCUT2D eigenvalue weighted by Crippen LogP contribution is 1.81. The highest BCUT2D eigenvalue weighted by atomic mass is 32.2. The standard InChI is InChI=1S/C2H6N2O2S/c1-3-4-7(2,5)6/h1-2H3. The summed E-state index contributed by atoms with van der Waals surface area (Å²) in [6.07, 6.45) is 0.986. The second kappa shape index (κ2) is 2.02. The van der Waals surface area contributed by atoms with Crippen molar-refractivity contribution in [2.75, 3.05) is 13.3 Å². The van der Waals surface area contributed by atoms with Crippen LogP contribution in [0.15, 0.2) is 9.63 Å². The molecule has 0 saturated carbocycles. The highest BCUT2D eigenvalue weighted by molar-refractivity contribution is 7.89. The van der Waals surface area contributed by atoms with E-state index in [1.807, 2.05) is 0 Å². The van der Waals surface area contributed by atoms with Gasteiger partial charge in [-0.15, -0.1) is 0 Å². The zero-order chi connectivity index (χ0) is 5.91. The summed E-state index contributed by atoms with van der Waals surface area (Å²) in [4.78, 5) is 0. The molecule has 0 aromatic heterocycles. The summed E-state index contributed by atoms with van der Waals surface area (Å²) in [6.45, 7) is 0. The van der Waals surface area contributed by atoms with Crippen LogP contribution in [-0.2, 0) is 10.0 Å². The Balaban J connectivity index is 4.13. The number of hydrogen-bond acceptors (Lipinski definition) is 3. The van der Waals surface area contributed by atoms with Gasteiger partial charge in [0.2, 0.25) is 0 Å². The van der Waals surface area contributed by atoms with Crippen LogP contribution in [0.4, 0.5) is 0 Å². The Morgan fingerprint density at radius 2 is 1.86 bits per heavy atom. The first-order valence-corrected chi connectivity index (χ1v) is 3.42. The van der Waals surface area contributed by atoms with Gasteiger partial charge in [0.15, 0.2) is 0 Å². The van der Waals surface area contributed by atoms with Gasteiger partial charge in [-0.25, -0.2) is 8.42 Å². The van der Waals surface area contributed by atoms with E-state index in [-0.39, 0.29) is 0 Å². The lowest BCUT2D eigenvalue weighted by atomic mass is 11.6. The first-order chi connectivity index (χ1) is 3.06. The summed E-state index contributed by atoms with van der Waals surface area (Å²) in [5.74, 6) is 0. The van der Waals surface area contributed by atoms with Gasteiger partial charge in [0.05, 0.1) is 6.26 Å². The molecule has 0 aliphatic heterocycles. The molecule has 0 heterocycles. The largest absolute Gasteiger partial charge is 0.267 e. The summed E-state index contributed by atoms with van der Waals surface area (Å²) in [5.41, 5.74) is 0. The number of hydrogen-bond donors (Lipinski definition) is 0. The monoisotopic (exact) mass is 122 g/mol. The van der Waals surface area contributed by atoms with E-state index in [9.17, 15) is 8.42 Å². The molecule has 5 heteroatoms. The van der Waals surface area contributed by atoms with Crippen LogP contribution in [0.2, 0.25) is 0 Å². The van der Waals surface area contributed by atoms with Gasteiger partial charge in [-0.1, -0.05) is 4.52 Å². The molecule has 0 spiro atoms. The van der Waals surface area contributed by atoms with E-state index in [4.69, 9.17) is 0 Å². The van der Waals surface area contributed by atoms with E-state index in [2.05, 4.69) is 9.63 Å². The van der Waals surface area contributed by atoms with Gasteiger partial charge in [-0.2, -0.15) is 5.11 Å². The average molecular weight is 122 g/mol. The van der Waals surface area contributed by atoms with E-state index in [0.29, 0.717) is 0 Å². The van der Waals surface area contributed by atoms with Crippen LogP contribution < -0.4 is 0 Å². The molecule has 0 aromatic carbocycles. The Morgan fingerprint density at radius 3 is 1.86 bits per heavy atom. The Kier molecular flexibility index (Phi) is 1.89. The van der Waals surface area contributed by atoms with Gasteiger partial charge in [-0.3, -0.25) is 0 Å². The lowest BCUT2D eigenvalue weighted by Crippen LogP contribution is -1.85. The maximum Gasteiger partial charge on any atom is 0.267 e. The van der Waals surface area contributed by atoms with Crippen molar-refractivity contribution in [2.45, 2.75) is 0 Å². The van der Waals surface area contributed by atoms with Crippen molar-refractivity contribution in [2.24, 2.45) is 9.63 Å². The predicted molar refractivity (Wildman–Crippen MR) is 25.6 cm³/mol. The average Bonchev–Trinajstić information content (AvgIpc) is 1.30. The van der Waals surface area contributed by atoms with Crippen LogP contribution in [0.25, 0.3) is 0 Å². The second-order valence-corrected chi connectivity index (χ2v) is 2.64. The Hall–Kier alpha value is -0.450. The number of rotatable bonds is 1. The minimum absolute atomic E-state index is 0.986. The van der Waals surface area contributed by atoms with Crippen LogP contribution in [0.5, 0.6) is 0 Å². The molecule has 0 rings (SSSR count). The van der Waals surface area contributed by atoms with Gasteiger partial charge in [0.1, 0.15) is 0 Å². The predicted octanol–water partition coefficient (Wildman–Crippen LogP) is 0.0280. The molecular formula is C2H6N2O2S. The molecule has 7 heavy (non-hydrogen) atoms. The molecule has 0 saturated heterocycles. The molecule has 0 unspecified atom stereocenters. The van der Waals surface area contributed by atoms with Gasteiger partial charge < -0.3 is 0 Å². The SMILES string of the molecule is CN=NS(C)(=O)=O. The van der Waals surface area contributed by atoms with Crippen molar-refractivity contribution < 1.29 is 8.42 Å². The van der Waals surface area contributed by atoms with Crippen LogP contribution >= 0.6 is 0 Å². The molecule has 4 nitrogen and oxygen atoms in total. The summed E-state index contributed by atoms with van der Waals surface area (Å²) in [6, 6.07) is 0. The van der Waals surface area contributed by atoms with E-state index in [0.717, 1.165) is 6.26 Å². The van der Waals surface area contributed by atoms with Crippen LogP contribution in [-0.4, -0.2) is 21.7 Å². The Labute approximate surface area is 42.3 Å². The molecule has 0 atom stereocenters. The topological polar surface area (TPSA) is 58.9 Å². The zero-order valence-electron chi connectivity index (χ0n) is 4.12. The fourth-order valence-corrected chi connectivity index (χ4v) is 0.445. The fourth-order valence-electron chi connectivity index (χ4n) is 0.148. The minimum atomic E-state index is -3.22. The molecular weight excluding hydrogens is 116 g/mol. The van der Waals surface area contributed by atoms with Crippen molar-refractivity contribution >= 4 is 10.0 Å². The maximum atomic E-state index is 9.97. The molecule has 0 fully saturated rings. The quantitative estimate of drug-likeness (QED) is 0.460. The molecule has 0 aromatic rings. The number of nitrogens with zero attached hydrogens (tertiary/aromatic N) is 2. The van der Waals surface area contributed by atoms with Crippen LogP contribution in [0, 0.1) is 0 Å². The zero-order valence-corrected chi connectivity index (χ0v) is 4.94. The van der Waals surface area contributed by atoms with E-state index >= 15 is 0 Å². The van der Waals surface area contributed by atoms with Crippen LogP contribution in [0.1, 0.15) is 0 Å². The normalized spacial score (nSPS) is 12.9. The first-order valence-electron chi connectivity index (χ1n) is 1.57. The highest BCUT2D eigenvalue weighted by Gasteiger charge is 1.90. The van der Waals surface area contributed by atoms with Crippen LogP contribution in [0.3, 0.4) is 0 Å². The third kappa shape index (κ3) is 5.55. The summed E-state index contributed by atoms with van der Waals surface area (Å²) < 4.78 is 22.8. The molecule has 0 aliphatic rings. The Bertz CT molecular complexity index is 157. The van der Waals surface area contributed by atoms with Gasteiger partial charge in [-0.05, 0) is 0 Å². The third-order valence-electron chi connectivity index (χ3n) is 0.230. The minimum Gasteiger partial charge on any atom is -0.203 e. The number of sulfonamides is 1. The van der Waals surface area contributed by atoms with E-state index in [1.54, 1.807) is 0 Å². The third-order valence-corrected chi connectivity index (χ3v) is 0.690. The van der Waals surface area contributed by atoms with Crippen molar-refractivity contribution in [3.05, 3.63) is 0 Å². The van der Waals surface area contributed by atoms with E-state index in [1.165, 1.54) is 7.05 Å². The van der Waals surface area contributed by atoms with E-state index < -0.39 is 10.0 Å². The van der Waals surface area contributed by atoms with Crippen molar-refractivity contribution in [3.63, 3.8) is 0 Å². The fraction of sp³-hybridized carbons (Fsp3) is 1.00. The Morgan fingerprint density at radius 1 is 1.43 bits per heavy atom. The molecule has 0 bridgehead atoms. The lowest BCUT2D eigenvalue weighted by molar-refractivity contribution is 0.601. The summed E-state index contributed by atoms with van der Waals surface area (Å²) in [5, 5.41) is 3.04. The van der Waals surface area contributed by atoms with Crippen molar-refractivity contribution in [3.8, 4) is 0 Å². The molecule has 0 N–H and O–H groups in total. The van der Waals surface area contributed by atoms with Crippen molar-refractivity contribution in [1.29, 1.82) is 0 Å². The molecule has 42 valence electrons. The molecule has 0 aliphatic carbocycles. The smallest absolute Gasteiger partial charge is 0.203 e. The van der Waals surface area contributed by atoms with Gasteiger partial charge >= 0.3 is 0 Å². The van der Waals surface area contributed by atoms with Crippen molar-refractivity contribution in [1.82, 2.24) is 0 Å². The molecule has 0 amide bonds.